The van der Waals surface area contributed by atoms with Crippen molar-refractivity contribution in [2.24, 2.45) is 0 Å². The highest BCUT2D eigenvalue weighted by Gasteiger charge is 2.00. The van der Waals surface area contributed by atoms with Gasteiger partial charge in [-0.2, -0.15) is 5.10 Å². The highest BCUT2D eigenvalue weighted by atomic mass is 35.5. The second-order valence-corrected chi connectivity index (χ2v) is 3.06. The summed E-state index contributed by atoms with van der Waals surface area (Å²) in [5, 5.41) is 4.39. The number of rotatable bonds is 2. The SMILES string of the molecule is O=Cc1cncc(-n2ccc(Cl)n2)c1. The van der Waals surface area contributed by atoms with Gasteiger partial charge in [0, 0.05) is 18.0 Å². The maximum absolute atomic E-state index is 10.5. The van der Waals surface area contributed by atoms with Crippen LogP contribution in [0.25, 0.3) is 5.69 Å². The molecule has 0 aromatic carbocycles. The first-order chi connectivity index (χ1) is 6.79. The molecule has 0 N–H and O–H groups in total. The van der Waals surface area contributed by atoms with Gasteiger partial charge in [0.1, 0.15) is 0 Å². The molecule has 70 valence electrons. The largest absolute Gasteiger partial charge is 0.298 e. The number of nitrogens with zero attached hydrogens (tertiary/aromatic N) is 3. The quantitative estimate of drug-likeness (QED) is 0.705. The molecule has 2 aromatic rings. The lowest BCUT2D eigenvalue weighted by atomic mass is 10.3. The van der Waals surface area contributed by atoms with Gasteiger partial charge in [0.05, 0.1) is 11.9 Å². The molecule has 2 aromatic heterocycles. The Kier molecular flexibility index (Phi) is 2.28. The maximum atomic E-state index is 10.5. The van der Waals surface area contributed by atoms with E-state index >= 15 is 0 Å². The summed E-state index contributed by atoms with van der Waals surface area (Å²) >= 11 is 5.66. The lowest BCUT2D eigenvalue weighted by Gasteiger charge is -1.99. The van der Waals surface area contributed by atoms with E-state index in [4.69, 9.17) is 11.6 Å². The van der Waals surface area contributed by atoms with E-state index in [1.165, 1.54) is 6.20 Å². The van der Waals surface area contributed by atoms with Crippen LogP contribution in [0.4, 0.5) is 0 Å². The molecule has 4 nitrogen and oxygen atoms in total. The van der Waals surface area contributed by atoms with Crippen molar-refractivity contribution in [1.29, 1.82) is 0 Å². The third-order valence-electron chi connectivity index (χ3n) is 1.70. The highest BCUT2D eigenvalue weighted by molar-refractivity contribution is 6.29. The Labute approximate surface area is 85.1 Å². The molecule has 0 fully saturated rings. The summed E-state index contributed by atoms with van der Waals surface area (Å²) < 4.78 is 1.56. The van der Waals surface area contributed by atoms with Crippen molar-refractivity contribution >= 4 is 17.9 Å². The van der Waals surface area contributed by atoms with Crippen molar-refractivity contribution in [3.63, 3.8) is 0 Å². The van der Waals surface area contributed by atoms with Crippen LogP contribution in [0.15, 0.2) is 30.7 Å². The van der Waals surface area contributed by atoms with Gasteiger partial charge in [0.25, 0.3) is 0 Å². The summed E-state index contributed by atoms with van der Waals surface area (Å²) in [7, 11) is 0. The van der Waals surface area contributed by atoms with Crippen molar-refractivity contribution in [3.05, 3.63) is 41.4 Å². The molecule has 0 aliphatic carbocycles. The smallest absolute Gasteiger partial charge is 0.151 e. The van der Waals surface area contributed by atoms with E-state index in [-0.39, 0.29) is 0 Å². The predicted octanol–water partition coefficient (Wildman–Crippen LogP) is 1.73. The molecule has 0 unspecified atom stereocenters. The Morgan fingerprint density at radius 3 is 2.93 bits per heavy atom. The van der Waals surface area contributed by atoms with Crippen LogP contribution in [0.5, 0.6) is 0 Å². The fourth-order valence-electron chi connectivity index (χ4n) is 1.08. The van der Waals surface area contributed by atoms with Crippen LogP contribution in [-0.4, -0.2) is 21.1 Å². The molecule has 14 heavy (non-hydrogen) atoms. The van der Waals surface area contributed by atoms with Gasteiger partial charge in [0.2, 0.25) is 0 Å². The van der Waals surface area contributed by atoms with Crippen molar-refractivity contribution in [1.82, 2.24) is 14.8 Å². The number of hydrogen-bond acceptors (Lipinski definition) is 3. The van der Waals surface area contributed by atoms with Crippen LogP contribution in [-0.2, 0) is 0 Å². The summed E-state index contributed by atoms with van der Waals surface area (Å²) in [5.41, 5.74) is 1.22. The molecule has 0 saturated carbocycles. The minimum Gasteiger partial charge on any atom is -0.298 e. The van der Waals surface area contributed by atoms with Gasteiger partial charge in [-0.25, -0.2) is 4.68 Å². The van der Waals surface area contributed by atoms with Crippen LogP contribution in [0.3, 0.4) is 0 Å². The molecular formula is C9H6ClN3O. The van der Waals surface area contributed by atoms with Crippen LogP contribution >= 0.6 is 11.6 Å². The Bertz CT molecular complexity index is 467. The normalized spacial score (nSPS) is 10.1. The molecule has 0 amide bonds. The molecule has 0 radical (unpaired) electrons. The maximum Gasteiger partial charge on any atom is 0.151 e. The van der Waals surface area contributed by atoms with Gasteiger partial charge in [-0.1, -0.05) is 11.6 Å². The standard InChI is InChI=1S/C9H6ClN3O/c10-9-1-2-13(12-9)8-3-7(6-14)4-11-5-8/h1-6H. The minimum atomic E-state index is 0.404. The van der Waals surface area contributed by atoms with Crippen molar-refractivity contribution in [3.8, 4) is 5.69 Å². The van der Waals surface area contributed by atoms with Crippen molar-refractivity contribution in [2.75, 3.05) is 0 Å². The first kappa shape index (κ1) is 8.90. The number of hydrogen-bond donors (Lipinski definition) is 0. The van der Waals surface area contributed by atoms with E-state index in [0.29, 0.717) is 16.4 Å². The lowest BCUT2D eigenvalue weighted by Crippen LogP contribution is -1.96. The van der Waals surface area contributed by atoms with Gasteiger partial charge >= 0.3 is 0 Å². The van der Waals surface area contributed by atoms with Crippen LogP contribution in [0.2, 0.25) is 5.15 Å². The summed E-state index contributed by atoms with van der Waals surface area (Å²) in [6.07, 6.45) is 5.54. The Morgan fingerprint density at radius 1 is 1.43 bits per heavy atom. The van der Waals surface area contributed by atoms with Crippen LogP contribution in [0, 0.1) is 0 Å². The van der Waals surface area contributed by atoms with Gasteiger partial charge in [0.15, 0.2) is 11.4 Å². The van der Waals surface area contributed by atoms with Gasteiger partial charge < -0.3 is 0 Å². The first-order valence-corrected chi connectivity index (χ1v) is 4.29. The molecule has 0 atom stereocenters. The Balaban J connectivity index is 2.46. The lowest BCUT2D eigenvalue weighted by molar-refractivity contribution is 0.112. The van der Waals surface area contributed by atoms with Gasteiger partial charge in [-0.05, 0) is 12.1 Å². The molecule has 0 spiro atoms. The second-order valence-electron chi connectivity index (χ2n) is 2.68. The zero-order chi connectivity index (χ0) is 9.97. The number of aromatic nitrogens is 3. The fraction of sp³-hybridized carbons (Fsp3) is 0. The molecule has 2 rings (SSSR count). The third kappa shape index (κ3) is 1.65. The average molecular weight is 208 g/mol. The highest BCUT2D eigenvalue weighted by Crippen LogP contribution is 2.10. The van der Waals surface area contributed by atoms with E-state index in [0.717, 1.165) is 6.29 Å². The van der Waals surface area contributed by atoms with E-state index in [1.54, 1.807) is 29.2 Å². The number of carbonyl (C=O) groups excluding carboxylic acids is 1. The Morgan fingerprint density at radius 2 is 2.29 bits per heavy atom. The summed E-state index contributed by atoms with van der Waals surface area (Å²) in [6, 6.07) is 3.35. The van der Waals surface area contributed by atoms with Crippen LogP contribution in [0.1, 0.15) is 10.4 Å². The number of halogens is 1. The summed E-state index contributed by atoms with van der Waals surface area (Å²) in [4.78, 5) is 14.4. The monoisotopic (exact) mass is 207 g/mol. The molecule has 0 saturated heterocycles. The van der Waals surface area contributed by atoms with E-state index in [9.17, 15) is 4.79 Å². The average Bonchev–Trinajstić information content (AvgIpc) is 2.65. The molecule has 0 bridgehead atoms. The van der Waals surface area contributed by atoms with Crippen molar-refractivity contribution < 1.29 is 4.79 Å². The molecular weight excluding hydrogens is 202 g/mol. The second kappa shape index (κ2) is 3.59. The fourth-order valence-corrected chi connectivity index (χ4v) is 1.22. The molecule has 0 aliphatic heterocycles. The topological polar surface area (TPSA) is 47.8 Å². The first-order valence-electron chi connectivity index (χ1n) is 3.91. The minimum absolute atomic E-state index is 0.404. The molecule has 5 heteroatoms. The zero-order valence-electron chi connectivity index (χ0n) is 7.09. The van der Waals surface area contributed by atoms with Crippen molar-refractivity contribution in [2.45, 2.75) is 0 Å². The van der Waals surface area contributed by atoms with E-state index < -0.39 is 0 Å². The number of pyridine rings is 1. The van der Waals surface area contributed by atoms with Crippen LogP contribution < -0.4 is 0 Å². The van der Waals surface area contributed by atoms with E-state index in [1.807, 2.05) is 0 Å². The van der Waals surface area contributed by atoms with E-state index in [2.05, 4.69) is 10.1 Å². The summed E-state index contributed by atoms with van der Waals surface area (Å²) in [6.45, 7) is 0. The third-order valence-corrected chi connectivity index (χ3v) is 1.90. The number of carbonyl (C=O) groups is 1. The molecule has 0 aliphatic rings. The summed E-state index contributed by atoms with van der Waals surface area (Å²) in [5.74, 6) is 0. The van der Waals surface area contributed by atoms with Gasteiger partial charge in [-0.15, -0.1) is 0 Å². The zero-order valence-corrected chi connectivity index (χ0v) is 7.85. The molecule has 2 heterocycles. The van der Waals surface area contributed by atoms with Gasteiger partial charge in [-0.3, -0.25) is 9.78 Å². The number of aldehydes is 1. The predicted molar refractivity (Wildman–Crippen MR) is 51.8 cm³/mol. The Hall–Kier alpha value is -1.68.